The maximum Gasteiger partial charge on any atom is 0.271 e. The Morgan fingerprint density at radius 1 is 1.04 bits per heavy atom. The van der Waals surface area contributed by atoms with Gasteiger partial charge in [0.1, 0.15) is 11.5 Å². The molecule has 138 valence electrons. The lowest BCUT2D eigenvalue weighted by atomic mass is 10.1. The molecule has 1 amide bonds. The molecule has 0 unspecified atom stereocenters. The van der Waals surface area contributed by atoms with Crippen LogP contribution in [-0.2, 0) is 6.42 Å². The summed E-state index contributed by atoms with van der Waals surface area (Å²) in [6.07, 6.45) is 11.5. The van der Waals surface area contributed by atoms with Crippen molar-refractivity contribution < 1.29 is 4.79 Å². The molecule has 3 rings (SSSR count). The Hall–Kier alpha value is -2.14. The minimum absolute atomic E-state index is 0.201. The van der Waals surface area contributed by atoms with E-state index >= 15 is 0 Å². The summed E-state index contributed by atoms with van der Waals surface area (Å²) in [5.74, 6) is 0.544. The van der Waals surface area contributed by atoms with Crippen LogP contribution >= 0.6 is 11.6 Å². The predicted octanol–water partition coefficient (Wildman–Crippen LogP) is 4.24. The lowest BCUT2D eigenvalue weighted by Crippen LogP contribution is -2.27. The molecule has 0 saturated heterocycles. The van der Waals surface area contributed by atoms with Gasteiger partial charge in [0.05, 0.1) is 12.4 Å². The fourth-order valence-corrected chi connectivity index (χ4v) is 3.34. The van der Waals surface area contributed by atoms with Crippen LogP contribution < -0.4 is 10.6 Å². The number of aromatic nitrogens is 2. The number of carbonyl (C=O) groups is 1. The Labute approximate surface area is 159 Å². The van der Waals surface area contributed by atoms with Gasteiger partial charge in [0.25, 0.3) is 5.91 Å². The highest BCUT2D eigenvalue weighted by atomic mass is 35.5. The highest BCUT2D eigenvalue weighted by Gasteiger charge is 2.13. The first kappa shape index (κ1) is 18.6. The summed E-state index contributed by atoms with van der Waals surface area (Å²) >= 11 is 5.87. The number of rotatable bonds is 6. The smallest absolute Gasteiger partial charge is 0.271 e. The zero-order valence-electron chi connectivity index (χ0n) is 14.9. The van der Waals surface area contributed by atoms with Gasteiger partial charge in [0.15, 0.2) is 0 Å². The van der Waals surface area contributed by atoms with Crippen LogP contribution in [0.3, 0.4) is 0 Å². The molecule has 1 saturated carbocycles. The van der Waals surface area contributed by atoms with Gasteiger partial charge in [-0.1, -0.05) is 49.4 Å². The van der Waals surface area contributed by atoms with E-state index in [2.05, 4.69) is 20.6 Å². The van der Waals surface area contributed by atoms with Gasteiger partial charge in [-0.05, 0) is 37.0 Å². The molecule has 6 heteroatoms. The van der Waals surface area contributed by atoms with Crippen molar-refractivity contribution in [2.75, 3.05) is 11.9 Å². The third kappa shape index (κ3) is 5.70. The Morgan fingerprint density at radius 3 is 2.42 bits per heavy atom. The summed E-state index contributed by atoms with van der Waals surface area (Å²) in [6, 6.07) is 8.09. The van der Waals surface area contributed by atoms with Crippen LogP contribution in [0.1, 0.15) is 54.6 Å². The first-order valence-corrected chi connectivity index (χ1v) is 9.70. The second kappa shape index (κ2) is 9.53. The van der Waals surface area contributed by atoms with Gasteiger partial charge >= 0.3 is 0 Å². The van der Waals surface area contributed by atoms with E-state index in [0.717, 1.165) is 17.8 Å². The lowest BCUT2D eigenvalue weighted by molar-refractivity contribution is 0.0949. The zero-order valence-corrected chi connectivity index (χ0v) is 15.6. The summed E-state index contributed by atoms with van der Waals surface area (Å²) in [6.45, 7) is 0.546. The molecular formula is C20H25ClN4O. The van der Waals surface area contributed by atoms with Crippen LogP contribution in [0, 0.1) is 0 Å². The van der Waals surface area contributed by atoms with Crippen LogP contribution in [0.2, 0.25) is 5.02 Å². The van der Waals surface area contributed by atoms with Crippen LogP contribution in [0.5, 0.6) is 0 Å². The molecule has 1 aromatic carbocycles. The van der Waals surface area contributed by atoms with Crippen LogP contribution in [0.4, 0.5) is 5.82 Å². The van der Waals surface area contributed by atoms with E-state index in [1.54, 1.807) is 6.20 Å². The number of halogens is 1. The standard InChI is InChI=1S/C20H25ClN4O/c21-16-9-7-15(8-10-16)11-12-22-20(26)18-13-24-19(14-23-18)25-17-5-3-1-2-4-6-17/h7-10,13-14,17H,1-6,11-12H2,(H,22,26)(H,24,25). The molecule has 2 N–H and O–H groups in total. The molecule has 1 aromatic heterocycles. The molecule has 0 bridgehead atoms. The lowest BCUT2D eigenvalue weighted by Gasteiger charge is -2.16. The molecule has 0 aliphatic heterocycles. The van der Waals surface area contributed by atoms with E-state index in [1.807, 2.05) is 24.3 Å². The molecule has 1 fully saturated rings. The van der Waals surface area contributed by atoms with E-state index in [1.165, 1.54) is 44.7 Å². The van der Waals surface area contributed by atoms with E-state index < -0.39 is 0 Å². The maximum absolute atomic E-state index is 12.2. The van der Waals surface area contributed by atoms with Gasteiger partial charge in [-0.3, -0.25) is 4.79 Å². The summed E-state index contributed by atoms with van der Waals surface area (Å²) < 4.78 is 0. The average Bonchev–Trinajstić information content (AvgIpc) is 2.92. The predicted molar refractivity (Wildman–Crippen MR) is 105 cm³/mol. The van der Waals surface area contributed by atoms with E-state index in [9.17, 15) is 4.79 Å². The zero-order chi connectivity index (χ0) is 18.2. The highest BCUT2D eigenvalue weighted by Crippen LogP contribution is 2.20. The molecule has 0 radical (unpaired) electrons. The number of carbonyl (C=O) groups excluding carboxylic acids is 1. The summed E-state index contributed by atoms with van der Waals surface area (Å²) in [5.41, 5.74) is 1.47. The summed E-state index contributed by atoms with van der Waals surface area (Å²) in [4.78, 5) is 20.8. The third-order valence-corrected chi connectivity index (χ3v) is 4.96. The van der Waals surface area contributed by atoms with Crippen molar-refractivity contribution in [1.82, 2.24) is 15.3 Å². The first-order valence-electron chi connectivity index (χ1n) is 9.32. The number of amides is 1. The SMILES string of the molecule is O=C(NCCc1ccc(Cl)cc1)c1cnc(NC2CCCCCC2)cn1. The molecule has 0 atom stereocenters. The largest absolute Gasteiger partial charge is 0.366 e. The Balaban J connectivity index is 1.46. The summed E-state index contributed by atoms with van der Waals surface area (Å²) in [5, 5.41) is 7.03. The quantitative estimate of drug-likeness (QED) is 0.744. The van der Waals surface area contributed by atoms with Gasteiger partial charge in [0.2, 0.25) is 0 Å². The molecule has 1 aliphatic carbocycles. The normalized spacial score (nSPS) is 15.3. The van der Waals surface area contributed by atoms with Crippen molar-refractivity contribution in [3.05, 3.63) is 52.9 Å². The average molecular weight is 373 g/mol. The van der Waals surface area contributed by atoms with Gasteiger partial charge in [0, 0.05) is 17.6 Å². The second-order valence-corrected chi connectivity index (χ2v) is 7.19. The minimum atomic E-state index is -0.201. The number of nitrogens with zero attached hydrogens (tertiary/aromatic N) is 2. The van der Waals surface area contributed by atoms with Crippen LogP contribution in [-0.4, -0.2) is 28.5 Å². The number of hydrogen-bond acceptors (Lipinski definition) is 4. The molecule has 2 aromatic rings. The minimum Gasteiger partial charge on any atom is -0.366 e. The third-order valence-electron chi connectivity index (χ3n) is 4.70. The molecule has 1 aliphatic rings. The van der Waals surface area contributed by atoms with Crippen molar-refractivity contribution in [1.29, 1.82) is 0 Å². The number of benzene rings is 1. The molecule has 1 heterocycles. The van der Waals surface area contributed by atoms with Gasteiger partial charge < -0.3 is 10.6 Å². The van der Waals surface area contributed by atoms with Crippen molar-refractivity contribution in [3.8, 4) is 0 Å². The topological polar surface area (TPSA) is 66.9 Å². The van der Waals surface area contributed by atoms with Gasteiger partial charge in [-0.25, -0.2) is 9.97 Å². The fraction of sp³-hybridized carbons (Fsp3) is 0.450. The molecular weight excluding hydrogens is 348 g/mol. The Bertz CT molecular complexity index is 695. The van der Waals surface area contributed by atoms with E-state index in [0.29, 0.717) is 23.3 Å². The molecule has 0 spiro atoms. The Morgan fingerprint density at radius 2 is 1.77 bits per heavy atom. The Kier molecular flexibility index (Phi) is 6.83. The van der Waals surface area contributed by atoms with Crippen molar-refractivity contribution >= 4 is 23.3 Å². The van der Waals surface area contributed by atoms with E-state index in [4.69, 9.17) is 11.6 Å². The van der Waals surface area contributed by atoms with Crippen molar-refractivity contribution in [2.45, 2.75) is 51.0 Å². The van der Waals surface area contributed by atoms with Crippen LogP contribution in [0.15, 0.2) is 36.7 Å². The number of hydrogen-bond donors (Lipinski definition) is 2. The van der Waals surface area contributed by atoms with Gasteiger partial charge in [-0.2, -0.15) is 0 Å². The summed E-state index contributed by atoms with van der Waals surface area (Å²) in [7, 11) is 0. The monoisotopic (exact) mass is 372 g/mol. The molecule has 5 nitrogen and oxygen atoms in total. The highest BCUT2D eigenvalue weighted by molar-refractivity contribution is 6.30. The number of nitrogens with one attached hydrogen (secondary N) is 2. The maximum atomic E-state index is 12.2. The van der Waals surface area contributed by atoms with Gasteiger partial charge in [-0.15, -0.1) is 0 Å². The first-order chi connectivity index (χ1) is 12.7. The second-order valence-electron chi connectivity index (χ2n) is 6.75. The molecule has 26 heavy (non-hydrogen) atoms. The van der Waals surface area contributed by atoms with E-state index in [-0.39, 0.29) is 5.91 Å². The number of anilines is 1. The van der Waals surface area contributed by atoms with Crippen molar-refractivity contribution in [3.63, 3.8) is 0 Å². The fourth-order valence-electron chi connectivity index (χ4n) is 3.21. The van der Waals surface area contributed by atoms with Crippen molar-refractivity contribution in [2.24, 2.45) is 0 Å². The van der Waals surface area contributed by atoms with Crippen LogP contribution in [0.25, 0.3) is 0 Å².